The van der Waals surface area contributed by atoms with E-state index >= 15 is 0 Å². The van der Waals surface area contributed by atoms with E-state index < -0.39 is 17.7 Å². The summed E-state index contributed by atoms with van der Waals surface area (Å²) in [7, 11) is 0. The fraction of sp³-hybridized carbons (Fsp3) is 0.542. The van der Waals surface area contributed by atoms with Crippen LogP contribution < -0.4 is 5.32 Å². The molecule has 1 saturated heterocycles. The van der Waals surface area contributed by atoms with Crippen LogP contribution >= 0.6 is 11.6 Å². The number of ether oxygens (including phenoxy) is 2. The van der Waals surface area contributed by atoms with Crippen molar-refractivity contribution in [3.8, 4) is 0 Å². The van der Waals surface area contributed by atoms with Crippen molar-refractivity contribution >= 4 is 23.5 Å². The molecule has 0 saturated carbocycles. The highest BCUT2D eigenvalue weighted by Crippen LogP contribution is 2.37. The number of hydrogen-bond donors (Lipinski definition) is 1. The predicted molar refractivity (Wildman–Crippen MR) is 121 cm³/mol. The Morgan fingerprint density at radius 2 is 2.03 bits per heavy atom. The van der Waals surface area contributed by atoms with E-state index in [-0.39, 0.29) is 28.5 Å². The van der Waals surface area contributed by atoms with Crippen LogP contribution in [0.5, 0.6) is 0 Å². The molecule has 1 aromatic carbocycles. The fourth-order valence-corrected chi connectivity index (χ4v) is 4.93. The van der Waals surface area contributed by atoms with Crippen LogP contribution in [0.1, 0.15) is 63.9 Å². The first-order chi connectivity index (χ1) is 16.6. The minimum atomic E-state index is -4.62. The normalized spacial score (nSPS) is 17.6. The Balaban J connectivity index is 1.44. The zero-order valence-electron chi connectivity index (χ0n) is 19.3. The van der Waals surface area contributed by atoms with Crippen LogP contribution in [-0.4, -0.2) is 48.0 Å². The average molecular weight is 514 g/mol. The third-order valence-corrected chi connectivity index (χ3v) is 6.84. The quantitative estimate of drug-likeness (QED) is 0.456. The van der Waals surface area contributed by atoms with Crippen LogP contribution in [0.3, 0.4) is 0 Å². The number of carbonyl (C=O) groups is 2. The maximum atomic E-state index is 13.0. The summed E-state index contributed by atoms with van der Waals surface area (Å²) in [4.78, 5) is 25.2. The number of hydrogen-bond acceptors (Lipinski definition) is 5. The van der Waals surface area contributed by atoms with Crippen LogP contribution in [-0.2, 0) is 35.0 Å². The van der Waals surface area contributed by atoms with Gasteiger partial charge in [0.2, 0.25) is 0 Å². The predicted octanol–water partition coefficient (Wildman–Crippen LogP) is 4.45. The lowest BCUT2D eigenvalue weighted by atomic mass is 9.76. The third-order valence-electron chi connectivity index (χ3n) is 6.62. The van der Waals surface area contributed by atoms with Gasteiger partial charge in [-0.2, -0.15) is 18.3 Å². The Labute approximate surface area is 205 Å². The summed E-state index contributed by atoms with van der Waals surface area (Å²) >= 11 is 5.75. The molecule has 0 atom stereocenters. The van der Waals surface area contributed by atoms with E-state index in [1.807, 2.05) is 11.6 Å². The number of nitrogens with one attached hydrogen (secondary N) is 1. The number of amides is 1. The minimum absolute atomic E-state index is 0.0199. The molecule has 1 fully saturated rings. The molecule has 2 aliphatic heterocycles. The zero-order valence-corrected chi connectivity index (χ0v) is 20.1. The smallest absolute Gasteiger partial charge is 0.416 e. The van der Waals surface area contributed by atoms with Gasteiger partial charge in [-0.25, -0.2) is 4.79 Å². The van der Waals surface area contributed by atoms with E-state index in [4.69, 9.17) is 21.1 Å². The molecule has 2 aliphatic rings. The number of nitrogens with zero attached hydrogens (tertiary/aromatic N) is 2. The topological polar surface area (TPSA) is 82.5 Å². The number of rotatable bonds is 6. The second kappa shape index (κ2) is 10.2. The number of alkyl halides is 3. The molecular formula is C24H27ClF3N3O4. The number of halogens is 4. The van der Waals surface area contributed by atoms with Crippen molar-refractivity contribution in [2.24, 2.45) is 5.41 Å². The van der Waals surface area contributed by atoms with Crippen molar-refractivity contribution in [1.82, 2.24) is 15.1 Å². The van der Waals surface area contributed by atoms with Gasteiger partial charge in [-0.05, 0) is 49.3 Å². The van der Waals surface area contributed by atoms with Crippen molar-refractivity contribution in [1.29, 1.82) is 0 Å². The summed E-state index contributed by atoms with van der Waals surface area (Å²) in [6.07, 6.45) is -1.26. The van der Waals surface area contributed by atoms with Crippen LogP contribution in [0.2, 0.25) is 5.02 Å². The lowest BCUT2D eigenvalue weighted by Crippen LogP contribution is -2.40. The average Bonchev–Trinajstić information content (AvgIpc) is 3.09. The second-order valence-electron chi connectivity index (χ2n) is 9.03. The number of aryl methyl sites for hydroxylation is 2. The molecule has 35 heavy (non-hydrogen) atoms. The Morgan fingerprint density at radius 3 is 2.71 bits per heavy atom. The highest BCUT2D eigenvalue weighted by molar-refractivity contribution is 6.31. The molecular weight excluding hydrogens is 487 g/mol. The largest absolute Gasteiger partial charge is 0.462 e. The van der Waals surface area contributed by atoms with Crippen LogP contribution in [0.25, 0.3) is 0 Å². The van der Waals surface area contributed by atoms with Crippen molar-refractivity contribution in [3.05, 3.63) is 51.3 Å². The molecule has 1 spiro atoms. The molecule has 0 unspecified atom stereocenters. The number of aromatic nitrogens is 2. The zero-order chi connectivity index (χ0) is 25.2. The number of carbonyl (C=O) groups excluding carboxylic acids is 2. The molecule has 11 heteroatoms. The van der Waals surface area contributed by atoms with Crippen molar-refractivity contribution in [2.45, 2.75) is 51.7 Å². The van der Waals surface area contributed by atoms with E-state index in [0.29, 0.717) is 51.1 Å². The van der Waals surface area contributed by atoms with Crippen LogP contribution in [0.4, 0.5) is 13.2 Å². The molecule has 0 bridgehead atoms. The van der Waals surface area contributed by atoms with E-state index in [2.05, 4.69) is 10.4 Å². The Hall–Kier alpha value is -2.59. The van der Waals surface area contributed by atoms with Gasteiger partial charge in [0.25, 0.3) is 5.91 Å². The van der Waals surface area contributed by atoms with Gasteiger partial charge in [0.15, 0.2) is 0 Å². The van der Waals surface area contributed by atoms with Crippen molar-refractivity contribution in [3.63, 3.8) is 0 Å². The van der Waals surface area contributed by atoms with Gasteiger partial charge in [-0.3, -0.25) is 9.48 Å². The molecule has 3 heterocycles. The molecule has 2 aromatic rings. The van der Waals surface area contributed by atoms with Gasteiger partial charge in [0, 0.05) is 37.7 Å². The van der Waals surface area contributed by atoms with Crippen LogP contribution in [0.15, 0.2) is 18.2 Å². The summed E-state index contributed by atoms with van der Waals surface area (Å²) in [5.74, 6) is -1.01. The van der Waals surface area contributed by atoms with Gasteiger partial charge in [-0.15, -0.1) is 0 Å². The molecule has 7 nitrogen and oxygen atoms in total. The highest BCUT2D eigenvalue weighted by Gasteiger charge is 2.39. The Bertz CT molecular complexity index is 1110. The number of benzene rings is 1. The van der Waals surface area contributed by atoms with Crippen molar-refractivity contribution < 1.29 is 32.2 Å². The van der Waals surface area contributed by atoms with Crippen molar-refractivity contribution in [2.75, 3.05) is 26.4 Å². The molecule has 1 aromatic heterocycles. The first kappa shape index (κ1) is 25.5. The van der Waals surface area contributed by atoms with Gasteiger partial charge in [-0.1, -0.05) is 18.5 Å². The molecule has 1 N–H and O–H groups in total. The lowest BCUT2D eigenvalue weighted by molar-refractivity contribution is -0.137. The van der Waals surface area contributed by atoms with Gasteiger partial charge < -0.3 is 14.8 Å². The van der Waals surface area contributed by atoms with E-state index in [9.17, 15) is 22.8 Å². The lowest BCUT2D eigenvalue weighted by Gasteiger charge is -2.36. The van der Waals surface area contributed by atoms with E-state index in [1.54, 1.807) is 0 Å². The Kier molecular flexibility index (Phi) is 7.42. The maximum absolute atomic E-state index is 13.0. The molecule has 190 valence electrons. The molecule has 0 radical (unpaired) electrons. The Morgan fingerprint density at radius 1 is 1.29 bits per heavy atom. The summed E-state index contributed by atoms with van der Waals surface area (Å²) < 4.78 is 51.6. The first-order valence-electron chi connectivity index (χ1n) is 11.6. The molecule has 0 aliphatic carbocycles. The maximum Gasteiger partial charge on any atom is 0.416 e. The second-order valence-corrected chi connectivity index (χ2v) is 9.47. The van der Waals surface area contributed by atoms with Crippen LogP contribution in [0, 0.1) is 5.41 Å². The highest BCUT2D eigenvalue weighted by atomic mass is 35.5. The summed E-state index contributed by atoms with van der Waals surface area (Å²) in [5.41, 5.74) is 0.850. The SMILES string of the molecule is CCc1nn(CCCOC(=O)c2cc(Cl)cc(C(F)(F)F)c2)c2c1C(=O)NCC1(CCOCC1)C2. The van der Waals surface area contributed by atoms with Gasteiger partial charge in [0.1, 0.15) is 0 Å². The number of fused-ring (bicyclic) bond motifs is 1. The number of esters is 1. The van der Waals surface area contributed by atoms with E-state index in [0.717, 1.165) is 42.4 Å². The summed E-state index contributed by atoms with van der Waals surface area (Å²) in [5, 5.41) is 7.51. The third kappa shape index (κ3) is 5.64. The first-order valence-corrected chi connectivity index (χ1v) is 12.0. The summed E-state index contributed by atoms with van der Waals surface area (Å²) in [6, 6.07) is 2.63. The molecule has 4 rings (SSSR count). The van der Waals surface area contributed by atoms with Gasteiger partial charge in [0.05, 0.1) is 34.7 Å². The summed E-state index contributed by atoms with van der Waals surface area (Å²) in [6.45, 7) is 4.21. The minimum Gasteiger partial charge on any atom is -0.462 e. The fourth-order valence-electron chi connectivity index (χ4n) is 4.69. The van der Waals surface area contributed by atoms with Gasteiger partial charge >= 0.3 is 12.1 Å². The van der Waals surface area contributed by atoms with E-state index in [1.165, 1.54) is 0 Å². The monoisotopic (exact) mass is 513 g/mol. The molecule has 1 amide bonds. The standard InChI is InChI=1S/C24H27ClF3N3O4/c1-2-18-20-19(13-23(14-29-21(20)32)4-8-34-9-5-23)31(30-18)6-3-7-35-22(33)15-10-16(24(26,27)28)12-17(25)11-15/h10-12H,2-9,13-14H2,1H3,(H,29,32).